The van der Waals surface area contributed by atoms with Gasteiger partial charge in [0.2, 0.25) is 5.91 Å². The lowest BCUT2D eigenvalue weighted by Crippen LogP contribution is -2.19. The normalized spacial score (nSPS) is 10.6. The standard InChI is InChI=1S/C15H20ClNO3/c1-4-8-20-15-12(16)9-11(10-13(15)19-3)6-7-14(18)17-5-2/h6-7,9-10H,4-5,8H2,1-3H3,(H,17,18). The smallest absolute Gasteiger partial charge is 0.243 e. The average Bonchev–Trinajstić information content (AvgIpc) is 2.43. The van der Waals surface area contributed by atoms with Crippen molar-refractivity contribution in [3.63, 3.8) is 0 Å². The number of benzene rings is 1. The van der Waals surface area contributed by atoms with Crippen molar-refractivity contribution in [3.8, 4) is 11.5 Å². The van der Waals surface area contributed by atoms with Crippen LogP contribution in [0.5, 0.6) is 11.5 Å². The van der Waals surface area contributed by atoms with Gasteiger partial charge in [-0.15, -0.1) is 0 Å². The van der Waals surface area contributed by atoms with Crippen molar-refractivity contribution in [3.05, 3.63) is 28.8 Å². The summed E-state index contributed by atoms with van der Waals surface area (Å²) in [6.45, 7) is 5.05. The Balaban J connectivity index is 2.95. The zero-order valence-electron chi connectivity index (χ0n) is 12.0. The van der Waals surface area contributed by atoms with Crippen LogP contribution in [0.15, 0.2) is 18.2 Å². The maximum Gasteiger partial charge on any atom is 0.243 e. The first-order valence-electron chi connectivity index (χ1n) is 6.58. The van der Waals surface area contributed by atoms with Gasteiger partial charge in [0.25, 0.3) is 0 Å². The van der Waals surface area contributed by atoms with E-state index in [0.29, 0.717) is 29.7 Å². The molecule has 20 heavy (non-hydrogen) atoms. The first-order valence-corrected chi connectivity index (χ1v) is 6.96. The maximum atomic E-state index is 11.4. The maximum absolute atomic E-state index is 11.4. The highest BCUT2D eigenvalue weighted by atomic mass is 35.5. The average molecular weight is 298 g/mol. The molecule has 0 unspecified atom stereocenters. The number of hydrogen-bond acceptors (Lipinski definition) is 3. The molecule has 0 saturated heterocycles. The molecular weight excluding hydrogens is 278 g/mol. The van der Waals surface area contributed by atoms with Crippen molar-refractivity contribution in [2.75, 3.05) is 20.3 Å². The van der Waals surface area contributed by atoms with Crippen LogP contribution in [-0.4, -0.2) is 26.2 Å². The van der Waals surface area contributed by atoms with Crippen molar-refractivity contribution >= 4 is 23.6 Å². The number of nitrogens with one attached hydrogen (secondary N) is 1. The number of likely N-dealkylation sites (N-methyl/N-ethyl adjacent to an activating group) is 1. The highest BCUT2D eigenvalue weighted by Crippen LogP contribution is 2.36. The van der Waals surface area contributed by atoms with Gasteiger partial charge in [-0.25, -0.2) is 0 Å². The second-order valence-electron chi connectivity index (χ2n) is 4.11. The topological polar surface area (TPSA) is 47.6 Å². The molecule has 0 aliphatic carbocycles. The zero-order valence-corrected chi connectivity index (χ0v) is 12.8. The molecule has 5 heteroatoms. The number of amides is 1. The monoisotopic (exact) mass is 297 g/mol. The molecule has 110 valence electrons. The van der Waals surface area contributed by atoms with Crippen molar-refractivity contribution in [2.45, 2.75) is 20.3 Å². The van der Waals surface area contributed by atoms with Crippen molar-refractivity contribution in [1.29, 1.82) is 0 Å². The Labute approximate surface area is 124 Å². The minimum absolute atomic E-state index is 0.145. The fraction of sp³-hybridized carbons (Fsp3) is 0.400. The lowest BCUT2D eigenvalue weighted by atomic mass is 10.2. The molecule has 1 N–H and O–H groups in total. The summed E-state index contributed by atoms with van der Waals surface area (Å²) in [6.07, 6.45) is 4.03. The molecule has 0 aromatic heterocycles. The van der Waals surface area contributed by atoms with Gasteiger partial charge >= 0.3 is 0 Å². The highest BCUT2D eigenvalue weighted by Gasteiger charge is 2.11. The third-order valence-electron chi connectivity index (χ3n) is 2.48. The van der Waals surface area contributed by atoms with E-state index in [-0.39, 0.29) is 5.91 Å². The molecule has 0 spiro atoms. The molecule has 0 atom stereocenters. The number of carbonyl (C=O) groups is 1. The second-order valence-corrected chi connectivity index (χ2v) is 4.52. The van der Waals surface area contributed by atoms with Gasteiger partial charge < -0.3 is 14.8 Å². The molecule has 0 fully saturated rings. The summed E-state index contributed by atoms with van der Waals surface area (Å²) < 4.78 is 10.8. The van der Waals surface area contributed by atoms with E-state index in [2.05, 4.69) is 5.32 Å². The molecule has 0 aliphatic rings. The predicted molar refractivity (Wildman–Crippen MR) is 81.5 cm³/mol. The van der Waals surface area contributed by atoms with Crippen molar-refractivity contribution in [2.24, 2.45) is 0 Å². The lowest BCUT2D eigenvalue weighted by Gasteiger charge is -2.12. The summed E-state index contributed by atoms with van der Waals surface area (Å²) in [5.41, 5.74) is 0.780. The Hall–Kier alpha value is -1.68. The fourth-order valence-corrected chi connectivity index (χ4v) is 1.86. The van der Waals surface area contributed by atoms with Crippen LogP contribution in [0.25, 0.3) is 6.08 Å². The number of hydrogen-bond donors (Lipinski definition) is 1. The van der Waals surface area contributed by atoms with Crippen LogP contribution < -0.4 is 14.8 Å². The van der Waals surface area contributed by atoms with E-state index in [9.17, 15) is 4.79 Å². The molecule has 0 aliphatic heterocycles. The van der Waals surface area contributed by atoms with Crippen LogP contribution in [0.4, 0.5) is 0 Å². The van der Waals surface area contributed by atoms with Crippen LogP contribution in [0, 0.1) is 0 Å². The molecule has 0 saturated carbocycles. The van der Waals surface area contributed by atoms with Gasteiger partial charge in [-0.2, -0.15) is 0 Å². The molecule has 1 rings (SSSR count). The zero-order chi connectivity index (χ0) is 15.0. The largest absolute Gasteiger partial charge is 0.493 e. The fourth-order valence-electron chi connectivity index (χ4n) is 1.59. The van der Waals surface area contributed by atoms with Gasteiger partial charge in [-0.3, -0.25) is 4.79 Å². The van der Waals surface area contributed by atoms with Crippen LogP contribution in [0.1, 0.15) is 25.8 Å². The quantitative estimate of drug-likeness (QED) is 0.786. The predicted octanol–water partition coefficient (Wildman–Crippen LogP) is 3.29. The first-order chi connectivity index (χ1) is 9.62. The minimum atomic E-state index is -0.145. The number of rotatable bonds is 7. The number of carbonyl (C=O) groups excluding carboxylic acids is 1. The summed E-state index contributed by atoms with van der Waals surface area (Å²) in [5, 5.41) is 3.15. The number of ether oxygens (including phenoxy) is 2. The van der Waals surface area contributed by atoms with E-state index in [1.54, 1.807) is 25.3 Å². The summed E-state index contributed by atoms with van der Waals surface area (Å²) in [5.74, 6) is 0.946. The SMILES string of the molecule is CCCOc1c(Cl)cc(C=CC(=O)NCC)cc1OC. The van der Waals surface area contributed by atoms with Crippen LogP contribution >= 0.6 is 11.6 Å². The number of methoxy groups -OCH3 is 1. The lowest BCUT2D eigenvalue weighted by molar-refractivity contribution is -0.116. The highest BCUT2D eigenvalue weighted by molar-refractivity contribution is 6.32. The van der Waals surface area contributed by atoms with E-state index in [1.807, 2.05) is 13.8 Å². The Kier molecular flexibility index (Phi) is 6.94. The Morgan fingerprint density at radius 2 is 2.15 bits per heavy atom. The molecule has 0 heterocycles. The van der Waals surface area contributed by atoms with Gasteiger partial charge in [0.05, 0.1) is 18.7 Å². The molecule has 1 amide bonds. The Morgan fingerprint density at radius 1 is 1.40 bits per heavy atom. The van der Waals surface area contributed by atoms with E-state index in [4.69, 9.17) is 21.1 Å². The van der Waals surface area contributed by atoms with Gasteiger partial charge in [-0.1, -0.05) is 18.5 Å². The molecule has 1 aromatic carbocycles. The van der Waals surface area contributed by atoms with Gasteiger partial charge in [0.1, 0.15) is 0 Å². The first kappa shape index (κ1) is 16.4. The summed E-state index contributed by atoms with van der Waals surface area (Å²) >= 11 is 6.19. The van der Waals surface area contributed by atoms with E-state index in [1.165, 1.54) is 6.08 Å². The molecular formula is C15H20ClNO3. The summed E-state index contributed by atoms with van der Waals surface area (Å²) in [7, 11) is 1.56. The molecule has 0 radical (unpaired) electrons. The Bertz CT molecular complexity index is 486. The van der Waals surface area contributed by atoms with Gasteiger partial charge in [-0.05, 0) is 37.1 Å². The van der Waals surface area contributed by atoms with Crippen LogP contribution in [0.2, 0.25) is 5.02 Å². The van der Waals surface area contributed by atoms with E-state index in [0.717, 1.165) is 12.0 Å². The van der Waals surface area contributed by atoms with E-state index < -0.39 is 0 Å². The van der Waals surface area contributed by atoms with Crippen LogP contribution in [0.3, 0.4) is 0 Å². The van der Waals surface area contributed by atoms with Gasteiger partial charge in [0.15, 0.2) is 11.5 Å². The Morgan fingerprint density at radius 3 is 2.75 bits per heavy atom. The molecule has 0 bridgehead atoms. The minimum Gasteiger partial charge on any atom is -0.493 e. The summed E-state index contributed by atoms with van der Waals surface area (Å²) in [4.78, 5) is 11.4. The van der Waals surface area contributed by atoms with Crippen molar-refractivity contribution < 1.29 is 14.3 Å². The third kappa shape index (κ3) is 4.78. The summed E-state index contributed by atoms with van der Waals surface area (Å²) in [6, 6.07) is 3.53. The van der Waals surface area contributed by atoms with E-state index >= 15 is 0 Å². The molecule has 1 aromatic rings. The van der Waals surface area contributed by atoms with Crippen molar-refractivity contribution in [1.82, 2.24) is 5.32 Å². The van der Waals surface area contributed by atoms with Crippen LogP contribution in [-0.2, 0) is 4.79 Å². The molecule has 4 nitrogen and oxygen atoms in total. The second kappa shape index (κ2) is 8.48. The third-order valence-corrected chi connectivity index (χ3v) is 2.76. The number of halogens is 1. The van der Waals surface area contributed by atoms with Gasteiger partial charge in [0, 0.05) is 12.6 Å².